The second-order valence-corrected chi connectivity index (χ2v) is 8.28. The maximum Gasteiger partial charge on any atom is 0.280 e. The molecule has 152 valence electrons. The average molecular weight is 387 g/mol. The van der Waals surface area contributed by atoms with E-state index < -0.39 is 0 Å². The number of carbonyl (C=O) groups is 1. The lowest BCUT2D eigenvalue weighted by molar-refractivity contribution is -0.122. The van der Waals surface area contributed by atoms with Crippen molar-refractivity contribution in [2.75, 3.05) is 13.1 Å². The van der Waals surface area contributed by atoms with E-state index in [-0.39, 0.29) is 22.9 Å². The van der Waals surface area contributed by atoms with Gasteiger partial charge in [0, 0.05) is 44.4 Å². The van der Waals surface area contributed by atoms with E-state index in [1.807, 2.05) is 19.4 Å². The molecule has 2 aliphatic rings. The smallest absolute Gasteiger partial charge is 0.280 e. The minimum absolute atomic E-state index is 0.0468. The molecule has 1 amide bonds. The third kappa shape index (κ3) is 4.06. The number of nitrogens with zero attached hydrogens (tertiary/aromatic N) is 3. The summed E-state index contributed by atoms with van der Waals surface area (Å²) < 4.78 is 7.11. The fraction of sp³-hybridized carbons (Fsp3) is 0.650. The monoisotopic (exact) mass is 387 g/mol. The molecule has 2 N–H and O–H groups in total. The van der Waals surface area contributed by atoms with Crippen LogP contribution in [0, 0.1) is 5.41 Å². The lowest BCUT2D eigenvalue weighted by Gasteiger charge is -2.43. The molecule has 1 unspecified atom stereocenters. The van der Waals surface area contributed by atoms with Gasteiger partial charge in [-0.05, 0) is 44.2 Å². The standard InChI is InChI=1S/C20H29N5O3/c1-24-12-9-21-17(24)14-25-10-7-20(8-11-25)6-2-3-16(20)22-18(26)5-4-15-13-19(27)23-28-15/h9,12-13,16H,2-8,10-11,14H2,1H3,(H,22,26)(H,23,27). The summed E-state index contributed by atoms with van der Waals surface area (Å²) in [6, 6.07) is 1.66. The summed E-state index contributed by atoms with van der Waals surface area (Å²) in [6.07, 6.45) is 10.3. The molecule has 2 aromatic heterocycles. The van der Waals surface area contributed by atoms with Crippen LogP contribution in [-0.2, 0) is 24.8 Å². The summed E-state index contributed by atoms with van der Waals surface area (Å²) in [4.78, 5) is 30.5. The second kappa shape index (κ2) is 7.95. The van der Waals surface area contributed by atoms with Crippen molar-refractivity contribution >= 4 is 5.91 Å². The molecular formula is C20H29N5O3. The van der Waals surface area contributed by atoms with Crippen LogP contribution < -0.4 is 10.9 Å². The Hall–Kier alpha value is -2.35. The van der Waals surface area contributed by atoms with Crippen molar-refractivity contribution in [3.05, 3.63) is 40.4 Å². The lowest BCUT2D eigenvalue weighted by atomic mass is 9.74. The second-order valence-electron chi connectivity index (χ2n) is 8.28. The zero-order valence-corrected chi connectivity index (χ0v) is 16.4. The molecule has 1 atom stereocenters. The number of imidazole rings is 1. The highest BCUT2D eigenvalue weighted by Crippen LogP contribution is 2.46. The third-order valence-corrected chi connectivity index (χ3v) is 6.55. The fourth-order valence-electron chi connectivity index (χ4n) is 4.82. The Morgan fingerprint density at radius 2 is 2.21 bits per heavy atom. The van der Waals surface area contributed by atoms with Crippen LogP contribution in [0.25, 0.3) is 0 Å². The number of aryl methyl sites for hydroxylation is 2. The Morgan fingerprint density at radius 3 is 2.89 bits per heavy atom. The predicted octanol–water partition coefficient (Wildman–Crippen LogP) is 1.59. The third-order valence-electron chi connectivity index (χ3n) is 6.55. The largest absolute Gasteiger partial charge is 0.384 e. The van der Waals surface area contributed by atoms with Gasteiger partial charge in [-0.25, -0.2) is 4.98 Å². The number of nitrogens with one attached hydrogen (secondary N) is 2. The Morgan fingerprint density at radius 1 is 1.39 bits per heavy atom. The fourth-order valence-corrected chi connectivity index (χ4v) is 4.82. The van der Waals surface area contributed by atoms with Gasteiger partial charge >= 0.3 is 0 Å². The van der Waals surface area contributed by atoms with Gasteiger partial charge in [0.15, 0.2) is 0 Å². The zero-order valence-electron chi connectivity index (χ0n) is 16.4. The van der Waals surface area contributed by atoms with E-state index in [4.69, 9.17) is 4.52 Å². The Balaban J connectivity index is 1.29. The van der Waals surface area contributed by atoms with Gasteiger partial charge in [-0.15, -0.1) is 0 Å². The number of likely N-dealkylation sites (tertiary alicyclic amines) is 1. The molecular weight excluding hydrogens is 358 g/mol. The highest BCUT2D eigenvalue weighted by Gasteiger charge is 2.45. The first-order chi connectivity index (χ1) is 13.5. The van der Waals surface area contributed by atoms with Gasteiger partial charge < -0.3 is 14.4 Å². The van der Waals surface area contributed by atoms with Crippen LogP contribution >= 0.6 is 0 Å². The van der Waals surface area contributed by atoms with Crippen molar-refractivity contribution < 1.29 is 9.32 Å². The highest BCUT2D eigenvalue weighted by molar-refractivity contribution is 5.76. The van der Waals surface area contributed by atoms with Crippen molar-refractivity contribution in [1.82, 2.24) is 24.9 Å². The quantitative estimate of drug-likeness (QED) is 0.785. The summed E-state index contributed by atoms with van der Waals surface area (Å²) in [5, 5.41) is 5.54. The van der Waals surface area contributed by atoms with Crippen LogP contribution in [0.5, 0.6) is 0 Å². The van der Waals surface area contributed by atoms with Gasteiger partial charge in [-0.3, -0.25) is 14.5 Å². The Kier molecular flexibility index (Phi) is 5.39. The summed E-state index contributed by atoms with van der Waals surface area (Å²) in [5.41, 5.74) is -0.0310. The van der Waals surface area contributed by atoms with Crippen molar-refractivity contribution in [1.29, 1.82) is 0 Å². The highest BCUT2D eigenvalue weighted by atomic mass is 16.5. The number of amides is 1. The van der Waals surface area contributed by atoms with Crippen LogP contribution in [0.1, 0.15) is 50.1 Å². The van der Waals surface area contributed by atoms with E-state index in [0.29, 0.717) is 18.6 Å². The van der Waals surface area contributed by atoms with Gasteiger partial charge in [0.2, 0.25) is 5.91 Å². The Labute approximate surface area is 164 Å². The molecule has 2 aromatic rings. The van der Waals surface area contributed by atoms with E-state index in [2.05, 4.69) is 24.9 Å². The number of aromatic amines is 1. The van der Waals surface area contributed by atoms with Gasteiger partial charge in [0.1, 0.15) is 11.6 Å². The molecule has 0 aromatic carbocycles. The summed E-state index contributed by atoms with van der Waals surface area (Å²) in [5.74, 6) is 1.68. The SMILES string of the molecule is Cn1ccnc1CN1CCC2(CCCC2NC(=O)CCc2cc(=O)[nH]o2)CC1. The molecule has 1 spiro atoms. The van der Waals surface area contributed by atoms with E-state index in [9.17, 15) is 9.59 Å². The first kappa shape index (κ1) is 19.0. The number of hydrogen-bond acceptors (Lipinski definition) is 5. The molecule has 28 heavy (non-hydrogen) atoms. The van der Waals surface area contributed by atoms with E-state index in [1.165, 1.54) is 18.9 Å². The minimum Gasteiger partial charge on any atom is -0.384 e. The number of piperidine rings is 1. The molecule has 8 nitrogen and oxygen atoms in total. The van der Waals surface area contributed by atoms with Crippen molar-refractivity contribution in [2.24, 2.45) is 12.5 Å². The molecule has 4 rings (SSSR count). The molecule has 1 aliphatic heterocycles. The normalized spacial score (nSPS) is 22.0. The number of H-pyrrole nitrogens is 1. The summed E-state index contributed by atoms with van der Waals surface area (Å²) in [7, 11) is 2.04. The van der Waals surface area contributed by atoms with Crippen LogP contribution in [0.4, 0.5) is 0 Å². The minimum atomic E-state index is -0.262. The van der Waals surface area contributed by atoms with Crippen LogP contribution in [0.3, 0.4) is 0 Å². The van der Waals surface area contributed by atoms with Crippen LogP contribution in [0.2, 0.25) is 0 Å². The van der Waals surface area contributed by atoms with Crippen molar-refractivity contribution in [2.45, 2.75) is 57.5 Å². The van der Waals surface area contributed by atoms with Gasteiger partial charge in [0.05, 0.1) is 6.54 Å². The molecule has 2 fully saturated rings. The van der Waals surface area contributed by atoms with E-state index in [1.54, 1.807) is 0 Å². The number of aromatic nitrogens is 3. The molecule has 1 saturated heterocycles. The van der Waals surface area contributed by atoms with Crippen molar-refractivity contribution in [3.63, 3.8) is 0 Å². The predicted molar refractivity (Wildman–Crippen MR) is 104 cm³/mol. The molecule has 3 heterocycles. The van der Waals surface area contributed by atoms with Crippen LogP contribution in [-0.4, -0.2) is 44.6 Å². The zero-order chi connectivity index (χ0) is 19.6. The summed E-state index contributed by atoms with van der Waals surface area (Å²) in [6.45, 7) is 2.99. The van der Waals surface area contributed by atoms with Gasteiger partial charge in [-0.1, -0.05) is 6.42 Å². The maximum absolute atomic E-state index is 12.5. The lowest BCUT2D eigenvalue weighted by Crippen LogP contribution is -2.50. The number of hydrogen-bond donors (Lipinski definition) is 2. The number of rotatable bonds is 6. The van der Waals surface area contributed by atoms with E-state index >= 15 is 0 Å². The maximum atomic E-state index is 12.5. The number of carbonyl (C=O) groups excluding carboxylic acids is 1. The topological polar surface area (TPSA) is 96.2 Å². The van der Waals surface area contributed by atoms with Crippen LogP contribution in [0.15, 0.2) is 27.8 Å². The first-order valence-electron chi connectivity index (χ1n) is 10.2. The molecule has 0 bridgehead atoms. The van der Waals surface area contributed by atoms with Gasteiger partial charge in [0.25, 0.3) is 5.56 Å². The average Bonchev–Trinajstić information content (AvgIpc) is 3.38. The molecule has 1 aliphatic carbocycles. The van der Waals surface area contributed by atoms with Gasteiger partial charge in [-0.2, -0.15) is 5.16 Å². The molecule has 8 heteroatoms. The molecule has 0 radical (unpaired) electrons. The Bertz CT molecular complexity index is 859. The van der Waals surface area contributed by atoms with E-state index in [0.717, 1.165) is 44.7 Å². The molecule has 1 saturated carbocycles. The summed E-state index contributed by atoms with van der Waals surface area (Å²) >= 11 is 0. The van der Waals surface area contributed by atoms with Crippen molar-refractivity contribution in [3.8, 4) is 0 Å². The first-order valence-corrected chi connectivity index (χ1v) is 10.2.